The van der Waals surface area contributed by atoms with Crippen molar-refractivity contribution < 1.29 is 9.90 Å². The number of anilines is 1. The molecule has 0 spiro atoms. The van der Waals surface area contributed by atoms with Crippen molar-refractivity contribution in [2.75, 3.05) is 5.73 Å². The van der Waals surface area contributed by atoms with Gasteiger partial charge >= 0.3 is 5.97 Å². The number of nitrogens with two attached hydrogens (primary N) is 1. The molecule has 0 aliphatic carbocycles. The molecule has 0 aliphatic heterocycles. The third-order valence-corrected chi connectivity index (χ3v) is 1.77. The summed E-state index contributed by atoms with van der Waals surface area (Å²) in [6.07, 6.45) is 2.84. The first-order valence-electron chi connectivity index (χ1n) is 3.64. The fourth-order valence-electron chi connectivity index (χ4n) is 1.19. The smallest absolute Gasteiger partial charge is 0.339 e. The summed E-state index contributed by atoms with van der Waals surface area (Å²) in [5, 5.41) is 8.75. The number of nitrogen functional groups attached to an aromatic ring is 1. The lowest BCUT2D eigenvalue weighted by Gasteiger charge is -1.92. The van der Waals surface area contributed by atoms with Crippen LogP contribution < -0.4 is 5.73 Å². The maximum Gasteiger partial charge on any atom is 0.339 e. The Morgan fingerprint density at radius 1 is 1.62 bits per heavy atom. The Hall–Kier alpha value is -2.04. The first-order valence-corrected chi connectivity index (χ1v) is 3.64. The van der Waals surface area contributed by atoms with E-state index in [9.17, 15) is 4.79 Å². The second-order valence-corrected chi connectivity index (χ2v) is 2.67. The average molecular weight is 177 g/mol. The van der Waals surface area contributed by atoms with E-state index < -0.39 is 5.97 Å². The number of hydrogen-bond acceptors (Lipinski definition) is 3. The topological polar surface area (TPSA) is 92.0 Å². The zero-order valence-electron chi connectivity index (χ0n) is 6.61. The number of pyridine rings is 1. The molecule has 0 radical (unpaired) electrons. The molecule has 5 heteroatoms. The van der Waals surface area contributed by atoms with E-state index in [1.54, 1.807) is 6.07 Å². The molecular formula is C8H7N3O2. The normalized spacial score (nSPS) is 10.5. The number of aromatic nitrogens is 2. The summed E-state index contributed by atoms with van der Waals surface area (Å²) in [5.41, 5.74) is 7.22. The van der Waals surface area contributed by atoms with Gasteiger partial charge in [-0.1, -0.05) is 0 Å². The monoisotopic (exact) mass is 177 g/mol. The second kappa shape index (κ2) is 2.48. The number of nitrogens with zero attached hydrogens (tertiary/aromatic N) is 1. The molecule has 0 aliphatic rings. The minimum atomic E-state index is -0.997. The SMILES string of the molecule is Nc1cnc2c(C(=O)O)c[nH]c2c1. The maximum atomic E-state index is 10.7. The summed E-state index contributed by atoms with van der Waals surface area (Å²) in [5.74, 6) is -0.997. The lowest BCUT2D eigenvalue weighted by atomic mass is 10.2. The van der Waals surface area contributed by atoms with Crippen LogP contribution in [0.2, 0.25) is 0 Å². The van der Waals surface area contributed by atoms with Gasteiger partial charge in [0.25, 0.3) is 0 Å². The highest BCUT2D eigenvalue weighted by atomic mass is 16.4. The summed E-state index contributed by atoms with van der Waals surface area (Å²) in [6, 6.07) is 1.65. The minimum Gasteiger partial charge on any atom is -0.478 e. The number of carbonyl (C=O) groups is 1. The number of fused-ring (bicyclic) bond motifs is 1. The molecule has 2 heterocycles. The van der Waals surface area contributed by atoms with E-state index in [4.69, 9.17) is 10.8 Å². The van der Waals surface area contributed by atoms with Crippen LogP contribution in [0.25, 0.3) is 11.0 Å². The van der Waals surface area contributed by atoms with Crippen molar-refractivity contribution in [3.05, 3.63) is 24.0 Å². The number of rotatable bonds is 1. The summed E-state index contributed by atoms with van der Waals surface area (Å²) >= 11 is 0. The Labute approximate surface area is 73.2 Å². The van der Waals surface area contributed by atoms with Crippen LogP contribution in [0, 0.1) is 0 Å². The maximum absolute atomic E-state index is 10.7. The molecule has 0 atom stereocenters. The van der Waals surface area contributed by atoms with Crippen LogP contribution in [0.4, 0.5) is 5.69 Å². The van der Waals surface area contributed by atoms with Crippen LogP contribution in [-0.4, -0.2) is 21.0 Å². The number of hydrogen-bond donors (Lipinski definition) is 3. The van der Waals surface area contributed by atoms with Crippen molar-refractivity contribution in [3.63, 3.8) is 0 Å². The third-order valence-electron chi connectivity index (χ3n) is 1.77. The summed E-state index contributed by atoms with van der Waals surface area (Å²) in [6.45, 7) is 0. The highest BCUT2D eigenvalue weighted by Gasteiger charge is 2.10. The number of nitrogens with one attached hydrogen (secondary N) is 1. The highest BCUT2D eigenvalue weighted by molar-refractivity contribution is 6.01. The number of carboxylic acid groups (broad SMARTS) is 1. The van der Waals surface area contributed by atoms with Crippen molar-refractivity contribution in [2.24, 2.45) is 0 Å². The van der Waals surface area contributed by atoms with Crippen LogP contribution in [0.3, 0.4) is 0 Å². The van der Waals surface area contributed by atoms with Gasteiger partial charge < -0.3 is 15.8 Å². The van der Waals surface area contributed by atoms with Gasteiger partial charge in [-0.3, -0.25) is 4.98 Å². The van der Waals surface area contributed by atoms with E-state index in [0.717, 1.165) is 0 Å². The van der Waals surface area contributed by atoms with Crippen LogP contribution in [-0.2, 0) is 0 Å². The summed E-state index contributed by atoms with van der Waals surface area (Å²) in [7, 11) is 0. The predicted molar refractivity (Wildman–Crippen MR) is 47.5 cm³/mol. The lowest BCUT2D eigenvalue weighted by Crippen LogP contribution is -1.95. The quantitative estimate of drug-likeness (QED) is 0.601. The molecule has 0 bridgehead atoms. The third kappa shape index (κ3) is 1.10. The second-order valence-electron chi connectivity index (χ2n) is 2.67. The Morgan fingerprint density at radius 2 is 2.38 bits per heavy atom. The molecule has 13 heavy (non-hydrogen) atoms. The van der Waals surface area contributed by atoms with Gasteiger partial charge in [0.1, 0.15) is 11.1 Å². The molecule has 2 aromatic rings. The van der Waals surface area contributed by atoms with Crippen molar-refractivity contribution in [2.45, 2.75) is 0 Å². The van der Waals surface area contributed by atoms with E-state index in [2.05, 4.69) is 9.97 Å². The van der Waals surface area contributed by atoms with E-state index >= 15 is 0 Å². The summed E-state index contributed by atoms with van der Waals surface area (Å²) < 4.78 is 0. The van der Waals surface area contributed by atoms with Gasteiger partial charge in [0.05, 0.1) is 17.4 Å². The van der Waals surface area contributed by atoms with Gasteiger partial charge in [0, 0.05) is 6.20 Å². The fraction of sp³-hybridized carbons (Fsp3) is 0. The summed E-state index contributed by atoms with van der Waals surface area (Å²) in [4.78, 5) is 17.4. The fourth-order valence-corrected chi connectivity index (χ4v) is 1.19. The molecule has 66 valence electrons. The molecule has 0 aromatic carbocycles. The predicted octanol–water partition coefficient (Wildman–Crippen LogP) is 0.843. The average Bonchev–Trinajstić information content (AvgIpc) is 2.46. The van der Waals surface area contributed by atoms with Crippen molar-refractivity contribution in [3.8, 4) is 0 Å². The van der Waals surface area contributed by atoms with E-state index in [0.29, 0.717) is 16.7 Å². The van der Waals surface area contributed by atoms with Crippen molar-refractivity contribution in [1.29, 1.82) is 0 Å². The van der Waals surface area contributed by atoms with E-state index in [1.165, 1.54) is 12.4 Å². The van der Waals surface area contributed by atoms with Gasteiger partial charge in [0.15, 0.2) is 0 Å². The molecule has 4 N–H and O–H groups in total. The first kappa shape index (κ1) is 7.60. The zero-order chi connectivity index (χ0) is 9.42. The molecular weight excluding hydrogens is 170 g/mol. The number of aromatic carboxylic acids is 1. The van der Waals surface area contributed by atoms with Crippen molar-refractivity contribution >= 4 is 22.7 Å². The van der Waals surface area contributed by atoms with E-state index in [-0.39, 0.29) is 5.56 Å². The standard InChI is InChI=1S/C8H7N3O2/c9-4-1-6-7(11-2-4)5(3-10-6)8(12)13/h1-3,10H,9H2,(H,12,13). The van der Waals surface area contributed by atoms with Gasteiger partial charge in [-0.15, -0.1) is 0 Å². The Kier molecular flexibility index (Phi) is 1.45. The Morgan fingerprint density at radius 3 is 3.08 bits per heavy atom. The van der Waals surface area contributed by atoms with Gasteiger partial charge in [-0.05, 0) is 6.07 Å². The Bertz CT molecular complexity index is 475. The molecule has 5 nitrogen and oxygen atoms in total. The Balaban J connectivity index is 2.76. The largest absolute Gasteiger partial charge is 0.478 e. The van der Waals surface area contributed by atoms with Crippen LogP contribution >= 0.6 is 0 Å². The molecule has 2 rings (SSSR count). The van der Waals surface area contributed by atoms with Gasteiger partial charge in [-0.25, -0.2) is 4.79 Å². The lowest BCUT2D eigenvalue weighted by molar-refractivity contribution is 0.0699. The molecule has 2 aromatic heterocycles. The van der Waals surface area contributed by atoms with Crippen LogP contribution in [0.5, 0.6) is 0 Å². The van der Waals surface area contributed by atoms with Crippen LogP contribution in [0.1, 0.15) is 10.4 Å². The van der Waals surface area contributed by atoms with Crippen LogP contribution in [0.15, 0.2) is 18.5 Å². The van der Waals surface area contributed by atoms with Gasteiger partial charge in [-0.2, -0.15) is 0 Å². The zero-order valence-corrected chi connectivity index (χ0v) is 6.61. The number of carboxylic acids is 1. The highest BCUT2D eigenvalue weighted by Crippen LogP contribution is 2.17. The number of aromatic amines is 1. The van der Waals surface area contributed by atoms with Gasteiger partial charge in [0.2, 0.25) is 0 Å². The number of H-pyrrole nitrogens is 1. The molecule has 0 saturated heterocycles. The molecule has 0 saturated carbocycles. The first-order chi connectivity index (χ1) is 6.18. The minimum absolute atomic E-state index is 0.162. The molecule has 0 unspecified atom stereocenters. The molecule has 0 amide bonds. The van der Waals surface area contributed by atoms with E-state index in [1.807, 2.05) is 0 Å². The molecule has 0 fully saturated rings. The van der Waals surface area contributed by atoms with Crippen molar-refractivity contribution in [1.82, 2.24) is 9.97 Å².